The van der Waals surface area contributed by atoms with Crippen molar-refractivity contribution in [1.29, 1.82) is 0 Å². The third-order valence-electron chi connectivity index (χ3n) is 4.64. The van der Waals surface area contributed by atoms with E-state index in [1.165, 1.54) is 5.69 Å². The summed E-state index contributed by atoms with van der Waals surface area (Å²) in [7, 11) is 0. The Kier molecular flexibility index (Phi) is 5.75. The molecule has 0 aliphatic carbocycles. The predicted octanol–water partition coefficient (Wildman–Crippen LogP) is 1.19. The van der Waals surface area contributed by atoms with Gasteiger partial charge in [-0.15, -0.1) is 0 Å². The quantitative estimate of drug-likeness (QED) is 0.822. The van der Waals surface area contributed by atoms with Crippen LogP contribution < -0.4 is 4.90 Å². The molecule has 7 heteroatoms. The van der Waals surface area contributed by atoms with Crippen LogP contribution >= 0.6 is 0 Å². The monoisotopic (exact) mass is 347 g/mol. The minimum Gasteiger partial charge on any atom is -0.447 e. The van der Waals surface area contributed by atoms with Gasteiger partial charge in [0.25, 0.3) is 0 Å². The molecule has 1 unspecified atom stereocenters. The highest BCUT2D eigenvalue weighted by molar-refractivity contribution is 5.73. The van der Waals surface area contributed by atoms with Crippen LogP contribution in [0.2, 0.25) is 0 Å². The van der Waals surface area contributed by atoms with Crippen molar-refractivity contribution >= 4 is 17.7 Å². The van der Waals surface area contributed by atoms with Crippen LogP contribution in [0.5, 0.6) is 0 Å². The van der Waals surface area contributed by atoms with Crippen molar-refractivity contribution in [2.75, 3.05) is 57.4 Å². The molecule has 25 heavy (non-hydrogen) atoms. The molecule has 2 heterocycles. The van der Waals surface area contributed by atoms with Crippen molar-refractivity contribution in [3.63, 3.8) is 0 Å². The molecule has 2 fully saturated rings. The van der Waals surface area contributed by atoms with Crippen molar-refractivity contribution in [3.05, 3.63) is 30.3 Å². The summed E-state index contributed by atoms with van der Waals surface area (Å²) in [5.41, 5.74) is 1.18. The molecule has 0 N–H and O–H groups in total. The lowest BCUT2D eigenvalue weighted by Gasteiger charge is -2.36. The van der Waals surface area contributed by atoms with E-state index >= 15 is 0 Å². The Hall–Kier alpha value is -2.28. The molecular weight excluding hydrogens is 322 g/mol. The van der Waals surface area contributed by atoms with E-state index in [9.17, 15) is 9.59 Å². The van der Waals surface area contributed by atoms with Gasteiger partial charge in [-0.25, -0.2) is 4.79 Å². The summed E-state index contributed by atoms with van der Waals surface area (Å²) in [5.74, 6) is 0.0247. The minimum absolute atomic E-state index is 0.0247. The summed E-state index contributed by atoms with van der Waals surface area (Å²) >= 11 is 0. The first-order valence-electron chi connectivity index (χ1n) is 8.72. The van der Waals surface area contributed by atoms with Crippen LogP contribution in [0.15, 0.2) is 30.3 Å². The molecule has 0 aromatic heterocycles. The number of nitrogens with zero attached hydrogens (tertiary/aromatic N) is 3. The van der Waals surface area contributed by atoms with E-state index in [1.54, 1.807) is 16.7 Å². The number of piperazine rings is 1. The fourth-order valence-electron chi connectivity index (χ4n) is 3.15. The smallest absolute Gasteiger partial charge is 0.409 e. The molecule has 2 saturated heterocycles. The summed E-state index contributed by atoms with van der Waals surface area (Å²) < 4.78 is 11.0. The molecule has 0 saturated carbocycles. The predicted molar refractivity (Wildman–Crippen MR) is 93.6 cm³/mol. The molecule has 3 rings (SSSR count). The maximum Gasteiger partial charge on any atom is 0.409 e. The van der Waals surface area contributed by atoms with Crippen molar-refractivity contribution in [2.45, 2.75) is 13.0 Å². The van der Waals surface area contributed by atoms with Gasteiger partial charge < -0.3 is 24.2 Å². The molecular formula is C18H25N3O4. The van der Waals surface area contributed by atoms with Crippen LogP contribution in [-0.2, 0) is 14.3 Å². The Labute approximate surface area is 148 Å². The van der Waals surface area contributed by atoms with Crippen LogP contribution in [0.4, 0.5) is 10.5 Å². The number of carbonyl (C=O) groups is 2. The lowest BCUT2D eigenvalue weighted by atomic mass is 10.2. The van der Waals surface area contributed by atoms with Gasteiger partial charge in [0.2, 0.25) is 5.91 Å². The summed E-state index contributed by atoms with van der Waals surface area (Å²) in [6, 6.07) is 10.2. The first-order valence-corrected chi connectivity index (χ1v) is 8.72. The third kappa shape index (κ3) is 4.63. The zero-order valence-corrected chi connectivity index (χ0v) is 14.6. The largest absolute Gasteiger partial charge is 0.447 e. The summed E-state index contributed by atoms with van der Waals surface area (Å²) in [5, 5.41) is 0. The standard InChI is InChI=1S/C18H25N3O4/c1-15(22)21-11-12-24-17(13-21)14-25-18(23)20-9-7-19(8-10-20)16-5-3-2-4-6-16/h2-6,17H,7-14H2,1H3. The molecule has 2 aliphatic heterocycles. The number of morpholine rings is 1. The summed E-state index contributed by atoms with van der Waals surface area (Å²) in [4.78, 5) is 29.4. The Bertz CT molecular complexity index is 587. The zero-order chi connectivity index (χ0) is 17.6. The number of ether oxygens (including phenoxy) is 2. The van der Waals surface area contributed by atoms with E-state index in [1.807, 2.05) is 18.2 Å². The first-order chi connectivity index (χ1) is 12.1. The topological polar surface area (TPSA) is 62.3 Å². The second-order valence-electron chi connectivity index (χ2n) is 6.34. The van der Waals surface area contributed by atoms with E-state index in [2.05, 4.69) is 17.0 Å². The highest BCUT2D eigenvalue weighted by Crippen LogP contribution is 2.16. The number of amides is 2. The first kappa shape index (κ1) is 17.5. The molecule has 1 atom stereocenters. The molecule has 0 spiro atoms. The van der Waals surface area contributed by atoms with Crippen LogP contribution in [0.25, 0.3) is 0 Å². The van der Waals surface area contributed by atoms with Gasteiger partial charge in [-0.2, -0.15) is 0 Å². The van der Waals surface area contributed by atoms with Gasteiger partial charge >= 0.3 is 6.09 Å². The SMILES string of the molecule is CC(=O)N1CCOC(COC(=O)N2CCN(c3ccccc3)CC2)C1. The van der Waals surface area contributed by atoms with Crippen molar-refractivity contribution in [3.8, 4) is 0 Å². The van der Waals surface area contributed by atoms with E-state index < -0.39 is 0 Å². The second-order valence-corrected chi connectivity index (χ2v) is 6.34. The van der Waals surface area contributed by atoms with Gasteiger partial charge in [0, 0.05) is 45.3 Å². The average Bonchev–Trinajstić information content (AvgIpc) is 2.67. The van der Waals surface area contributed by atoms with Crippen LogP contribution in [-0.4, -0.2) is 80.4 Å². The van der Waals surface area contributed by atoms with Crippen molar-refractivity contribution in [1.82, 2.24) is 9.80 Å². The molecule has 1 aromatic carbocycles. The summed E-state index contributed by atoms with van der Waals surface area (Å²) in [6.45, 7) is 6.14. The number of hydrogen-bond donors (Lipinski definition) is 0. The molecule has 1 aromatic rings. The van der Waals surface area contributed by atoms with Gasteiger partial charge in [-0.3, -0.25) is 4.79 Å². The highest BCUT2D eigenvalue weighted by Gasteiger charge is 2.26. The molecule has 0 radical (unpaired) electrons. The van der Waals surface area contributed by atoms with E-state index in [-0.39, 0.29) is 24.7 Å². The van der Waals surface area contributed by atoms with E-state index in [0.29, 0.717) is 32.8 Å². The lowest BCUT2D eigenvalue weighted by Crippen LogP contribution is -2.50. The zero-order valence-electron chi connectivity index (χ0n) is 14.6. The average molecular weight is 347 g/mol. The molecule has 2 aliphatic rings. The van der Waals surface area contributed by atoms with Crippen LogP contribution in [0.3, 0.4) is 0 Å². The van der Waals surface area contributed by atoms with Crippen LogP contribution in [0, 0.1) is 0 Å². The number of hydrogen-bond acceptors (Lipinski definition) is 5. The van der Waals surface area contributed by atoms with Gasteiger partial charge in [-0.05, 0) is 12.1 Å². The Morgan fingerprint density at radius 2 is 1.80 bits per heavy atom. The number of anilines is 1. The fraction of sp³-hybridized carbons (Fsp3) is 0.556. The highest BCUT2D eigenvalue weighted by atomic mass is 16.6. The molecule has 2 amide bonds. The Balaban J connectivity index is 1.41. The number of para-hydroxylation sites is 1. The normalized spacial score (nSPS) is 21.2. The van der Waals surface area contributed by atoms with E-state index in [4.69, 9.17) is 9.47 Å². The van der Waals surface area contributed by atoms with Crippen molar-refractivity contribution in [2.24, 2.45) is 0 Å². The lowest BCUT2D eigenvalue weighted by molar-refractivity contribution is -0.138. The van der Waals surface area contributed by atoms with Gasteiger partial charge in [0.05, 0.1) is 13.2 Å². The van der Waals surface area contributed by atoms with Gasteiger partial charge in [0.1, 0.15) is 12.7 Å². The fourth-order valence-corrected chi connectivity index (χ4v) is 3.15. The minimum atomic E-state index is -0.309. The number of carbonyl (C=O) groups excluding carboxylic acids is 2. The third-order valence-corrected chi connectivity index (χ3v) is 4.64. The molecule has 7 nitrogen and oxygen atoms in total. The van der Waals surface area contributed by atoms with Crippen molar-refractivity contribution < 1.29 is 19.1 Å². The number of benzene rings is 1. The Morgan fingerprint density at radius 1 is 1.08 bits per heavy atom. The van der Waals surface area contributed by atoms with E-state index in [0.717, 1.165) is 13.1 Å². The number of rotatable bonds is 3. The molecule has 136 valence electrons. The second kappa shape index (κ2) is 8.20. The maximum atomic E-state index is 12.2. The van der Waals surface area contributed by atoms with Gasteiger partial charge in [0.15, 0.2) is 0 Å². The molecule has 0 bridgehead atoms. The van der Waals surface area contributed by atoms with Gasteiger partial charge in [-0.1, -0.05) is 18.2 Å². The Morgan fingerprint density at radius 3 is 2.48 bits per heavy atom. The summed E-state index contributed by atoms with van der Waals surface area (Å²) in [6.07, 6.45) is -0.552. The van der Waals surface area contributed by atoms with Crippen LogP contribution in [0.1, 0.15) is 6.92 Å². The maximum absolute atomic E-state index is 12.2.